The molecule has 0 saturated heterocycles. The molecule has 0 aliphatic carbocycles. The minimum absolute atomic E-state index is 0.688. The van der Waals surface area contributed by atoms with Gasteiger partial charge < -0.3 is 8.98 Å². The minimum Gasteiger partial charge on any atom is -0.440 e. The van der Waals surface area contributed by atoms with Crippen LogP contribution in [0.4, 0.5) is 0 Å². The lowest BCUT2D eigenvalue weighted by Crippen LogP contribution is -2.02. The second kappa shape index (κ2) is 9.15. The van der Waals surface area contributed by atoms with Gasteiger partial charge in [0, 0.05) is 12.3 Å². The molecule has 10 heteroatoms. The molecular weight excluding hydrogens is 467 g/mol. The smallest absolute Gasteiger partial charge is 0.236 e. The predicted molar refractivity (Wildman–Crippen MR) is 129 cm³/mol. The number of benzene rings is 1. The molecule has 0 saturated carbocycles. The Morgan fingerprint density at radius 3 is 2.74 bits per heavy atom. The molecule has 0 fully saturated rings. The molecule has 4 aromatic heterocycles. The highest BCUT2D eigenvalue weighted by atomic mass is 32.2. The largest absolute Gasteiger partial charge is 0.440 e. The van der Waals surface area contributed by atoms with E-state index in [1.807, 2.05) is 36.6 Å². The van der Waals surface area contributed by atoms with Gasteiger partial charge in [-0.2, -0.15) is 0 Å². The Morgan fingerprint density at radius 1 is 1.03 bits per heavy atom. The van der Waals surface area contributed by atoms with Crippen LogP contribution in [0.25, 0.3) is 21.0 Å². The van der Waals surface area contributed by atoms with E-state index in [0.717, 1.165) is 49.5 Å². The third-order valence-electron chi connectivity index (χ3n) is 4.67. The first kappa shape index (κ1) is 20.7. The zero-order valence-electron chi connectivity index (χ0n) is 16.9. The zero-order valence-corrected chi connectivity index (χ0v) is 20.2. The van der Waals surface area contributed by atoms with Crippen molar-refractivity contribution < 1.29 is 4.42 Å². The molecular formula is C21H19N5OS4. The average molecular weight is 486 g/mol. The van der Waals surface area contributed by atoms with Gasteiger partial charge in [0.05, 0.1) is 26.5 Å². The average Bonchev–Trinajstić information content (AvgIpc) is 3.56. The molecule has 0 spiro atoms. The number of para-hydroxylation sites is 1. The standard InChI is InChI=1S/C21H19N5OS4/c1-3-26-18(12-30-21-23-14-7-4-5-8-16(14)31-21)24-25-20(26)29-11-15-13(2)27-19(22-15)17-9-6-10-28-17/h4-10H,3,11-12H2,1-2H3. The van der Waals surface area contributed by atoms with Gasteiger partial charge in [-0.05, 0) is 37.4 Å². The van der Waals surface area contributed by atoms with Crippen molar-refractivity contribution in [2.45, 2.75) is 41.4 Å². The fraction of sp³-hybridized carbons (Fsp3) is 0.238. The van der Waals surface area contributed by atoms with Crippen LogP contribution in [0.5, 0.6) is 0 Å². The van der Waals surface area contributed by atoms with Crippen molar-refractivity contribution in [3.8, 4) is 10.8 Å². The molecule has 5 rings (SSSR count). The van der Waals surface area contributed by atoms with E-state index in [2.05, 4.69) is 38.8 Å². The van der Waals surface area contributed by atoms with Crippen molar-refractivity contribution >= 4 is 56.4 Å². The monoisotopic (exact) mass is 485 g/mol. The third-order valence-corrected chi connectivity index (χ3v) is 8.68. The maximum absolute atomic E-state index is 5.86. The van der Waals surface area contributed by atoms with Crippen molar-refractivity contribution in [3.63, 3.8) is 0 Å². The number of aryl methyl sites for hydroxylation is 1. The highest BCUT2D eigenvalue weighted by Crippen LogP contribution is 2.33. The molecule has 0 radical (unpaired) electrons. The van der Waals surface area contributed by atoms with Gasteiger partial charge in [0.1, 0.15) is 11.6 Å². The highest BCUT2D eigenvalue weighted by molar-refractivity contribution is 8.00. The van der Waals surface area contributed by atoms with Crippen LogP contribution in [0.2, 0.25) is 0 Å². The van der Waals surface area contributed by atoms with Gasteiger partial charge in [-0.3, -0.25) is 0 Å². The summed E-state index contributed by atoms with van der Waals surface area (Å²) in [6, 6.07) is 12.3. The number of thiazole rings is 1. The Hall–Kier alpha value is -2.14. The third kappa shape index (κ3) is 4.43. The second-order valence-electron chi connectivity index (χ2n) is 6.67. The summed E-state index contributed by atoms with van der Waals surface area (Å²) in [7, 11) is 0. The Morgan fingerprint density at radius 2 is 1.94 bits per heavy atom. The first-order chi connectivity index (χ1) is 15.2. The van der Waals surface area contributed by atoms with Gasteiger partial charge in [-0.15, -0.1) is 32.9 Å². The molecule has 31 heavy (non-hydrogen) atoms. The maximum Gasteiger partial charge on any atom is 0.236 e. The Balaban J connectivity index is 1.27. The topological polar surface area (TPSA) is 69.6 Å². The molecule has 6 nitrogen and oxygen atoms in total. The number of oxazole rings is 1. The van der Waals surface area contributed by atoms with E-state index in [1.54, 1.807) is 46.2 Å². The van der Waals surface area contributed by atoms with Crippen LogP contribution in [0.1, 0.15) is 24.2 Å². The number of rotatable bonds is 8. The lowest BCUT2D eigenvalue weighted by Gasteiger charge is -2.06. The molecule has 0 N–H and O–H groups in total. The van der Waals surface area contributed by atoms with Gasteiger partial charge in [-0.25, -0.2) is 9.97 Å². The normalized spacial score (nSPS) is 11.5. The van der Waals surface area contributed by atoms with E-state index >= 15 is 0 Å². The summed E-state index contributed by atoms with van der Waals surface area (Å²) in [4.78, 5) is 10.4. The fourth-order valence-electron chi connectivity index (χ4n) is 3.09. The summed E-state index contributed by atoms with van der Waals surface area (Å²) >= 11 is 6.70. The molecule has 5 aromatic rings. The molecule has 1 aromatic carbocycles. The van der Waals surface area contributed by atoms with Gasteiger partial charge in [-0.1, -0.05) is 41.7 Å². The van der Waals surface area contributed by atoms with Crippen molar-refractivity contribution in [2.24, 2.45) is 0 Å². The van der Waals surface area contributed by atoms with Crippen molar-refractivity contribution in [2.75, 3.05) is 0 Å². The van der Waals surface area contributed by atoms with Crippen LogP contribution in [0.15, 0.2) is 55.7 Å². The number of fused-ring (bicyclic) bond motifs is 1. The number of nitrogens with zero attached hydrogens (tertiary/aromatic N) is 5. The van der Waals surface area contributed by atoms with Gasteiger partial charge >= 0.3 is 0 Å². The zero-order chi connectivity index (χ0) is 21.2. The van der Waals surface area contributed by atoms with E-state index in [-0.39, 0.29) is 0 Å². The number of thioether (sulfide) groups is 2. The van der Waals surface area contributed by atoms with Crippen molar-refractivity contribution in [1.82, 2.24) is 24.7 Å². The molecule has 0 atom stereocenters. The number of aromatic nitrogens is 5. The number of thiophene rings is 1. The second-order valence-corrected chi connectivity index (χ2v) is 10.8. The summed E-state index contributed by atoms with van der Waals surface area (Å²) < 4.78 is 10.3. The fourth-order valence-corrected chi connectivity index (χ4v) is 6.77. The first-order valence-electron chi connectivity index (χ1n) is 9.74. The van der Waals surface area contributed by atoms with E-state index in [0.29, 0.717) is 11.6 Å². The SMILES string of the molecule is CCn1c(CSc2nc3ccccc3s2)nnc1SCc1nc(-c2cccs2)oc1C. The van der Waals surface area contributed by atoms with Crippen LogP contribution in [-0.4, -0.2) is 24.7 Å². The maximum atomic E-state index is 5.86. The van der Waals surface area contributed by atoms with Gasteiger partial charge in [0.15, 0.2) is 9.50 Å². The lowest BCUT2D eigenvalue weighted by molar-refractivity contribution is 0.542. The van der Waals surface area contributed by atoms with E-state index < -0.39 is 0 Å². The number of hydrogen-bond acceptors (Lipinski definition) is 9. The number of hydrogen-bond donors (Lipinski definition) is 0. The van der Waals surface area contributed by atoms with Gasteiger partial charge in [0.2, 0.25) is 5.89 Å². The summed E-state index contributed by atoms with van der Waals surface area (Å²) in [6.07, 6.45) is 0. The molecule has 0 aliphatic rings. The van der Waals surface area contributed by atoms with Crippen LogP contribution >= 0.6 is 46.2 Å². The van der Waals surface area contributed by atoms with E-state index in [9.17, 15) is 0 Å². The van der Waals surface area contributed by atoms with Crippen LogP contribution in [0.3, 0.4) is 0 Å². The Labute approximate surface area is 196 Å². The summed E-state index contributed by atoms with van der Waals surface area (Å²) in [5.74, 6) is 3.94. The van der Waals surface area contributed by atoms with Crippen LogP contribution in [0, 0.1) is 6.92 Å². The van der Waals surface area contributed by atoms with E-state index in [4.69, 9.17) is 9.40 Å². The summed E-state index contributed by atoms with van der Waals surface area (Å²) in [5, 5.41) is 11.8. The summed E-state index contributed by atoms with van der Waals surface area (Å²) in [6.45, 7) is 4.91. The molecule has 0 bridgehead atoms. The lowest BCUT2D eigenvalue weighted by atomic mass is 10.3. The van der Waals surface area contributed by atoms with Gasteiger partial charge in [0.25, 0.3) is 0 Å². The highest BCUT2D eigenvalue weighted by Gasteiger charge is 2.16. The van der Waals surface area contributed by atoms with Crippen molar-refractivity contribution in [3.05, 3.63) is 59.1 Å². The summed E-state index contributed by atoms with van der Waals surface area (Å²) in [5.41, 5.74) is 2.00. The minimum atomic E-state index is 0.688. The Bertz CT molecular complexity index is 1270. The molecule has 0 amide bonds. The Kier molecular flexibility index (Phi) is 6.13. The molecule has 0 unspecified atom stereocenters. The van der Waals surface area contributed by atoms with Crippen LogP contribution < -0.4 is 0 Å². The van der Waals surface area contributed by atoms with Crippen LogP contribution in [-0.2, 0) is 18.1 Å². The molecule has 4 heterocycles. The quantitative estimate of drug-likeness (QED) is 0.232. The van der Waals surface area contributed by atoms with E-state index in [1.165, 1.54) is 4.70 Å². The molecule has 158 valence electrons. The molecule has 0 aliphatic heterocycles. The first-order valence-corrected chi connectivity index (χ1v) is 13.4. The predicted octanol–water partition coefficient (Wildman–Crippen LogP) is 6.52. The van der Waals surface area contributed by atoms with Crippen molar-refractivity contribution in [1.29, 1.82) is 0 Å².